The number of benzene rings is 2. The molecule has 3 aromatic heterocycles. The Labute approximate surface area is 189 Å². The fourth-order valence-corrected chi connectivity index (χ4v) is 4.54. The van der Waals surface area contributed by atoms with Gasteiger partial charge in [0.2, 0.25) is 0 Å². The molecule has 0 fully saturated rings. The van der Waals surface area contributed by atoms with Crippen molar-refractivity contribution in [1.29, 1.82) is 0 Å². The molecule has 0 aliphatic rings. The third kappa shape index (κ3) is 3.78. The minimum Gasteiger partial charge on any atom is -0.346 e. The number of para-hydroxylation sites is 1. The number of carbonyl (C=O) groups is 1. The maximum Gasteiger partial charge on any atom is 0.255 e. The molecular weight excluding hydrogens is 418 g/mol. The van der Waals surface area contributed by atoms with Crippen LogP contribution in [0, 0.1) is 13.8 Å². The van der Waals surface area contributed by atoms with Crippen molar-refractivity contribution < 1.29 is 4.79 Å². The van der Waals surface area contributed by atoms with E-state index in [1.165, 1.54) is 5.56 Å². The van der Waals surface area contributed by atoms with Gasteiger partial charge in [-0.1, -0.05) is 42.5 Å². The zero-order valence-corrected chi connectivity index (χ0v) is 18.6. The van der Waals surface area contributed by atoms with Crippen molar-refractivity contribution in [3.63, 3.8) is 0 Å². The number of fused-ring (bicyclic) bond motifs is 1. The van der Waals surface area contributed by atoms with Gasteiger partial charge in [0.1, 0.15) is 5.01 Å². The highest BCUT2D eigenvalue weighted by molar-refractivity contribution is 7.13. The fourth-order valence-electron chi connectivity index (χ4n) is 3.63. The Kier molecular flexibility index (Phi) is 5.25. The number of nitrogens with one attached hydrogen (secondary N) is 1. The van der Waals surface area contributed by atoms with E-state index < -0.39 is 0 Å². The minimum atomic E-state index is -0.181. The first-order valence-corrected chi connectivity index (χ1v) is 11.2. The largest absolute Gasteiger partial charge is 0.346 e. The molecule has 0 saturated carbocycles. The molecule has 0 aliphatic heterocycles. The number of pyridine rings is 1. The van der Waals surface area contributed by atoms with Crippen molar-refractivity contribution in [2.45, 2.75) is 20.4 Å². The number of nitrogens with zero attached hydrogens (tertiary/aromatic N) is 4. The lowest BCUT2D eigenvalue weighted by Crippen LogP contribution is -2.23. The Morgan fingerprint density at radius 2 is 1.81 bits per heavy atom. The van der Waals surface area contributed by atoms with E-state index in [1.54, 1.807) is 22.2 Å². The standard InChI is InChI=1S/C25H21N5OS/c1-16-7-3-5-9-20(16)25-28-19(15-32-25)13-26-24(31)21-14-27-30(17(21)2)23-12-11-18-8-4-6-10-22(18)29-23/h3-12,14-15H,13H2,1-2H3,(H,26,31). The third-order valence-electron chi connectivity index (χ3n) is 5.41. The first-order chi connectivity index (χ1) is 15.6. The van der Waals surface area contributed by atoms with Crippen LogP contribution in [0.5, 0.6) is 0 Å². The summed E-state index contributed by atoms with van der Waals surface area (Å²) in [7, 11) is 0. The molecule has 0 saturated heterocycles. The predicted octanol–water partition coefficient (Wildman–Crippen LogP) is 5.09. The van der Waals surface area contributed by atoms with Gasteiger partial charge in [0.15, 0.2) is 5.82 Å². The first-order valence-electron chi connectivity index (χ1n) is 10.3. The van der Waals surface area contributed by atoms with Crippen LogP contribution in [-0.2, 0) is 6.54 Å². The minimum absolute atomic E-state index is 0.181. The predicted molar refractivity (Wildman–Crippen MR) is 127 cm³/mol. The van der Waals surface area contributed by atoms with Gasteiger partial charge in [0, 0.05) is 16.3 Å². The molecule has 5 aromatic rings. The molecule has 0 radical (unpaired) electrons. The second kappa shape index (κ2) is 8.36. The Bertz CT molecular complexity index is 1440. The smallest absolute Gasteiger partial charge is 0.255 e. The van der Waals surface area contributed by atoms with Crippen LogP contribution in [0.15, 0.2) is 72.2 Å². The molecule has 3 heterocycles. The van der Waals surface area contributed by atoms with Gasteiger partial charge in [-0.25, -0.2) is 14.6 Å². The molecule has 1 N–H and O–H groups in total. The van der Waals surface area contributed by atoms with Crippen LogP contribution in [0.2, 0.25) is 0 Å². The maximum atomic E-state index is 12.8. The van der Waals surface area contributed by atoms with Gasteiger partial charge < -0.3 is 5.32 Å². The van der Waals surface area contributed by atoms with Gasteiger partial charge in [-0.3, -0.25) is 4.79 Å². The van der Waals surface area contributed by atoms with Gasteiger partial charge in [-0.2, -0.15) is 5.10 Å². The molecule has 0 atom stereocenters. The van der Waals surface area contributed by atoms with E-state index in [0.29, 0.717) is 17.9 Å². The average Bonchev–Trinajstić information content (AvgIpc) is 3.44. The van der Waals surface area contributed by atoms with E-state index in [-0.39, 0.29) is 5.91 Å². The van der Waals surface area contributed by atoms with Gasteiger partial charge in [-0.05, 0) is 37.6 Å². The quantitative estimate of drug-likeness (QED) is 0.414. The van der Waals surface area contributed by atoms with Gasteiger partial charge in [-0.15, -0.1) is 11.3 Å². The van der Waals surface area contributed by atoms with E-state index in [0.717, 1.165) is 32.9 Å². The van der Waals surface area contributed by atoms with Gasteiger partial charge in [0.25, 0.3) is 5.91 Å². The molecule has 0 aliphatic carbocycles. The lowest BCUT2D eigenvalue weighted by Gasteiger charge is -2.06. The highest BCUT2D eigenvalue weighted by atomic mass is 32.1. The summed E-state index contributed by atoms with van der Waals surface area (Å²) in [6.07, 6.45) is 1.58. The average molecular weight is 440 g/mol. The van der Waals surface area contributed by atoms with E-state index >= 15 is 0 Å². The number of rotatable bonds is 5. The van der Waals surface area contributed by atoms with Crippen molar-refractivity contribution in [1.82, 2.24) is 25.1 Å². The Hall–Kier alpha value is -3.84. The summed E-state index contributed by atoms with van der Waals surface area (Å²) < 4.78 is 1.69. The van der Waals surface area contributed by atoms with Crippen LogP contribution >= 0.6 is 11.3 Å². The number of hydrogen-bond acceptors (Lipinski definition) is 5. The molecule has 0 unspecified atom stereocenters. The monoisotopic (exact) mass is 439 g/mol. The first kappa shape index (κ1) is 20.1. The summed E-state index contributed by atoms with van der Waals surface area (Å²) in [5.74, 6) is 0.502. The normalized spacial score (nSPS) is 11.1. The Morgan fingerprint density at radius 3 is 2.69 bits per heavy atom. The highest BCUT2D eigenvalue weighted by Crippen LogP contribution is 2.26. The summed E-state index contributed by atoms with van der Waals surface area (Å²) in [5, 5.41) is 11.4. The summed E-state index contributed by atoms with van der Waals surface area (Å²) in [6.45, 7) is 4.31. The van der Waals surface area contributed by atoms with Crippen LogP contribution in [-0.4, -0.2) is 25.7 Å². The van der Waals surface area contributed by atoms with E-state index in [4.69, 9.17) is 0 Å². The molecule has 2 aromatic carbocycles. The van der Waals surface area contributed by atoms with Crippen molar-refractivity contribution >= 4 is 28.1 Å². The second-order valence-corrected chi connectivity index (χ2v) is 8.42. The molecule has 0 spiro atoms. The number of aromatic nitrogens is 4. The van der Waals surface area contributed by atoms with Crippen LogP contribution in [0.1, 0.15) is 27.3 Å². The Morgan fingerprint density at radius 1 is 1.00 bits per heavy atom. The van der Waals surface area contributed by atoms with E-state index in [2.05, 4.69) is 39.4 Å². The van der Waals surface area contributed by atoms with E-state index in [9.17, 15) is 4.79 Å². The SMILES string of the molecule is Cc1ccccc1-c1nc(CNC(=O)c2cnn(-c3ccc4ccccc4n3)c2C)cs1. The summed E-state index contributed by atoms with van der Waals surface area (Å²) in [5.41, 5.74) is 5.29. The highest BCUT2D eigenvalue weighted by Gasteiger charge is 2.16. The second-order valence-electron chi connectivity index (χ2n) is 7.56. The molecule has 32 heavy (non-hydrogen) atoms. The summed E-state index contributed by atoms with van der Waals surface area (Å²) in [4.78, 5) is 22.2. The number of hydrogen-bond donors (Lipinski definition) is 1. The number of aryl methyl sites for hydroxylation is 1. The van der Waals surface area contributed by atoms with Crippen molar-refractivity contribution in [2.24, 2.45) is 0 Å². The molecule has 158 valence electrons. The molecule has 5 rings (SSSR count). The van der Waals surface area contributed by atoms with Crippen molar-refractivity contribution in [3.05, 3.63) is 94.8 Å². The molecule has 7 heteroatoms. The lowest BCUT2D eigenvalue weighted by atomic mass is 10.1. The molecule has 6 nitrogen and oxygen atoms in total. The fraction of sp³-hybridized carbons (Fsp3) is 0.120. The Balaban J connectivity index is 1.31. The number of thiazole rings is 1. The number of carbonyl (C=O) groups excluding carboxylic acids is 1. The maximum absolute atomic E-state index is 12.8. The third-order valence-corrected chi connectivity index (χ3v) is 6.34. The van der Waals surface area contributed by atoms with Gasteiger partial charge >= 0.3 is 0 Å². The zero-order chi connectivity index (χ0) is 22.1. The summed E-state index contributed by atoms with van der Waals surface area (Å²) >= 11 is 1.58. The molecular formula is C25H21N5OS. The van der Waals surface area contributed by atoms with Crippen LogP contribution in [0.3, 0.4) is 0 Å². The van der Waals surface area contributed by atoms with Crippen LogP contribution < -0.4 is 5.32 Å². The van der Waals surface area contributed by atoms with Crippen LogP contribution in [0.4, 0.5) is 0 Å². The van der Waals surface area contributed by atoms with Gasteiger partial charge in [0.05, 0.1) is 35.2 Å². The van der Waals surface area contributed by atoms with Crippen molar-refractivity contribution in [3.8, 4) is 16.4 Å². The zero-order valence-electron chi connectivity index (χ0n) is 17.7. The molecule has 0 bridgehead atoms. The van der Waals surface area contributed by atoms with Crippen molar-refractivity contribution in [2.75, 3.05) is 0 Å². The number of amides is 1. The molecule has 1 amide bonds. The summed E-state index contributed by atoms with van der Waals surface area (Å²) in [6, 6.07) is 20.0. The topological polar surface area (TPSA) is 72.7 Å². The van der Waals surface area contributed by atoms with E-state index in [1.807, 2.05) is 60.8 Å². The lowest BCUT2D eigenvalue weighted by molar-refractivity contribution is 0.0950. The van der Waals surface area contributed by atoms with Crippen LogP contribution in [0.25, 0.3) is 27.3 Å².